The summed E-state index contributed by atoms with van der Waals surface area (Å²) in [5.74, 6) is 0.895. The van der Waals surface area contributed by atoms with E-state index in [4.69, 9.17) is 18.6 Å². The first-order valence-corrected chi connectivity index (χ1v) is 13.6. The number of carbonyl (C=O) groups excluding carboxylic acids is 1. The molecule has 7 nitrogen and oxygen atoms in total. The van der Waals surface area contributed by atoms with Crippen LogP contribution in [-0.4, -0.2) is 37.2 Å². The first-order chi connectivity index (χ1) is 19.3. The molecule has 40 heavy (non-hydrogen) atoms. The third-order valence-corrected chi connectivity index (χ3v) is 7.32. The van der Waals surface area contributed by atoms with Gasteiger partial charge in [0.05, 0.1) is 30.2 Å². The molecule has 0 saturated carbocycles. The summed E-state index contributed by atoms with van der Waals surface area (Å²) in [5.41, 5.74) is 4.35. The zero-order valence-electron chi connectivity index (χ0n) is 23.7. The molecule has 1 aliphatic rings. The number of hydrogen-bond donors (Lipinski definition) is 0. The minimum Gasteiger partial charge on any atom is -0.493 e. The van der Waals surface area contributed by atoms with Gasteiger partial charge < -0.3 is 23.5 Å². The van der Waals surface area contributed by atoms with Crippen molar-refractivity contribution in [3.8, 4) is 11.5 Å². The van der Waals surface area contributed by atoms with E-state index in [1.807, 2.05) is 88.4 Å². The Balaban J connectivity index is 1.56. The maximum atomic E-state index is 13.9. The van der Waals surface area contributed by atoms with Crippen molar-refractivity contribution in [2.24, 2.45) is 0 Å². The van der Waals surface area contributed by atoms with Crippen molar-refractivity contribution in [2.45, 2.75) is 52.9 Å². The first-order valence-electron chi connectivity index (χ1n) is 13.6. The summed E-state index contributed by atoms with van der Waals surface area (Å²) in [4.78, 5) is 29.4. The Morgan fingerprint density at radius 3 is 2.42 bits per heavy atom. The lowest BCUT2D eigenvalue weighted by Gasteiger charge is -2.26. The highest BCUT2D eigenvalue weighted by atomic mass is 16.5. The summed E-state index contributed by atoms with van der Waals surface area (Å²) in [6.07, 6.45) is 0.713. The number of hydrogen-bond acceptors (Lipinski definition) is 6. The Kier molecular flexibility index (Phi) is 7.94. The normalized spacial score (nSPS) is 14.7. The van der Waals surface area contributed by atoms with Gasteiger partial charge in [0.15, 0.2) is 16.9 Å². The molecule has 208 valence electrons. The molecule has 5 rings (SSSR count). The number of nitrogens with zero attached hydrogens (tertiary/aromatic N) is 1. The fourth-order valence-electron chi connectivity index (χ4n) is 5.12. The maximum Gasteiger partial charge on any atom is 0.290 e. The van der Waals surface area contributed by atoms with E-state index in [2.05, 4.69) is 0 Å². The molecule has 0 aliphatic carbocycles. The van der Waals surface area contributed by atoms with Gasteiger partial charge in [0.1, 0.15) is 12.2 Å². The smallest absolute Gasteiger partial charge is 0.290 e. The molecule has 1 aliphatic heterocycles. The fraction of sp³-hybridized carbons (Fsp3) is 0.333. The van der Waals surface area contributed by atoms with Crippen LogP contribution in [-0.2, 0) is 11.3 Å². The number of benzene rings is 3. The second-order valence-electron chi connectivity index (χ2n) is 10.5. The van der Waals surface area contributed by atoms with Gasteiger partial charge >= 0.3 is 0 Å². The van der Waals surface area contributed by atoms with E-state index in [0.29, 0.717) is 54.2 Å². The molecule has 3 aromatic carbocycles. The van der Waals surface area contributed by atoms with Crippen LogP contribution in [0.15, 0.2) is 69.9 Å². The molecule has 2 heterocycles. The van der Waals surface area contributed by atoms with Crippen LogP contribution in [0.3, 0.4) is 0 Å². The lowest BCUT2D eigenvalue weighted by Crippen LogP contribution is -2.31. The topological polar surface area (TPSA) is 78.2 Å². The quantitative estimate of drug-likeness (QED) is 0.218. The van der Waals surface area contributed by atoms with E-state index < -0.39 is 6.04 Å². The Labute approximate surface area is 234 Å². The lowest BCUT2D eigenvalue weighted by atomic mass is 9.97. The number of amides is 1. The number of rotatable bonds is 10. The molecular formula is C33H35NO6. The van der Waals surface area contributed by atoms with E-state index in [9.17, 15) is 9.59 Å². The molecule has 0 spiro atoms. The maximum absolute atomic E-state index is 13.9. The zero-order chi connectivity index (χ0) is 28.4. The van der Waals surface area contributed by atoms with Crippen LogP contribution in [0.1, 0.15) is 64.7 Å². The van der Waals surface area contributed by atoms with Crippen molar-refractivity contribution >= 4 is 16.9 Å². The summed E-state index contributed by atoms with van der Waals surface area (Å²) in [7, 11) is 1.58. The highest BCUT2D eigenvalue weighted by Gasteiger charge is 2.42. The van der Waals surface area contributed by atoms with Crippen molar-refractivity contribution in [2.75, 3.05) is 20.3 Å². The second kappa shape index (κ2) is 11.6. The molecular weight excluding hydrogens is 506 g/mol. The molecule has 1 aromatic heterocycles. The average molecular weight is 542 g/mol. The Bertz CT molecular complexity index is 1590. The first kappa shape index (κ1) is 27.5. The monoisotopic (exact) mass is 541 g/mol. The van der Waals surface area contributed by atoms with E-state index in [-0.39, 0.29) is 23.2 Å². The van der Waals surface area contributed by atoms with Crippen molar-refractivity contribution < 1.29 is 23.4 Å². The molecule has 1 unspecified atom stereocenters. The van der Waals surface area contributed by atoms with Crippen LogP contribution >= 0.6 is 0 Å². The van der Waals surface area contributed by atoms with Crippen molar-refractivity contribution in [1.29, 1.82) is 0 Å². The Morgan fingerprint density at radius 1 is 0.950 bits per heavy atom. The number of carbonyl (C=O) groups is 1. The van der Waals surface area contributed by atoms with Crippen LogP contribution in [0, 0.1) is 13.8 Å². The summed E-state index contributed by atoms with van der Waals surface area (Å²) in [5, 5.41) is 0.472. The molecule has 7 heteroatoms. The molecule has 1 amide bonds. The Hall–Kier alpha value is -4.10. The van der Waals surface area contributed by atoms with Gasteiger partial charge in [-0.1, -0.05) is 36.4 Å². The number of ether oxygens (including phenoxy) is 3. The van der Waals surface area contributed by atoms with E-state index in [0.717, 1.165) is 22.3 Å². The van der Waals surface area contributed by atoms with Crippen LogP contribution in [0.5, 0.6) is 11.5 Å². The molecule has 0 saturated heterocycles. The summed E-state index contributed by atoms with van der Waals surface area (Å²) in [6.45, 7) is 9.17. The van der Waals surface area contributed by atoms with Crippen LogP contribution in [0.4, 0.5) is 0 Å². The number of fused-ring (bicyclic) bond motifs is 2. The largest absolute Gasteiger partial charge is 0.493 e. The van der Waals surface area contributed by atoms with Gasteiger partial charge in [-0.05, 0) is 80.6 Å². The number of aryl methyl sites for hydroxylation is 2. The zero-order valence-corrected chi connectivity index (χ0v) is 23.7. The molecule has 0 bridgehead atoms. The van der Waals surface area contributed by atoms with E-state index >= 15 is 0 Å². The van der Waals surface area contributed by atoms with Gasteiger partial charge in [-0.3, -0.25) is 9.59 Å². The molecule has 0 fully saturated rings. The highest BCUT2D eigenvalue weighted by Crippen LogP contribution is 2.41. The molecule has 4 aromatic rings. The second-order valence-corrected chi connectivity index (χ2v) is 10.5. The van der Waals surface area contributed by atoms with Gasteiger partial charge in [-0.25, -0.2) is 0 Å². The third-order valence-electron chi connectivity index (χ3n) is 7.32. The van der Waals surface area contributed by atoms with E-state index in [1.54, 1.807) is 12.0 Å². The van der Waals surface area contributed by atoms with Gasteiger partial charge in [-0.2, -0.15) is 0 Å². The predicted molar refractivity (Wildman–Crippen MR) is 154 cm³/mol. The van der Waals surface area contributed by atoms with Crippen molar-refractivity contribution in [3.63, 3.8) is 0 Å². The van der Waals surface area contributed by atoms with E-state index in [1.165, 1.54) is 0 Å². The molecule has 0 radical (unpaired) electrons. The van der Waals surface area contributed by atoms with Crippen molar-refractivity contribution in [3.05, 3.63) is 104 Å². The predicted octanol–water partition coefficient (Wildman–Crippen LogP) is 6.36. The van der Waals surface area contributed by atoms with Gasteiger partial charge in [-0.15, -0.1) is 0 Å². The fourth-order valence-corrected chi connectivity index (χ4v) is 5.12. The van der Waals surface area contributed by atoms with Crippen LogP contribution in [0.25, 0.3) is 11.0 Å². The highest BCUT2D eigenvalue weighted by molar-refractivity contribution is 5.99. The van der Waals surface area contributed by atoms with Gasteiger partial charge in [0, 0.05) is 13.2 Å². The lowest BCUT2D eigenvalue weighted by molar-refractivity contribution is 0.0593. The Morgan fingerprint density at radius 2 is 1.70 bits per heavy atom. The SMILES string of the molecule is COc1cc(C2c3c(oc4cc(C)c(C)cc4c3=O)C(=O)N2CCCOC(C)C)ccc1OCc1ccccc1. The van der Waals surface area contributed by atoms with Crippen molar-refractivity contribution in [1.82, 2.24) is 4.90 Å². The summed E-state index contributed by atoms with van der Waals surface area (Å²) >= 11 is 0. The van der Waals surface area contributed by atoms with Gasteiger partial charge in [0.2, 0.25) is 5.76 Å². The minimum absolute atomic E-state index is 0.0926. The minimum atomic E-state index is -0.624. The van der Waals surface area contributed by atoms with Crippen LogP contribution < -0.4 is 14.9 Å². The molecule has 0 N–H and O–H groups in total. The standard InChI is InChI=1S/C33H35NO6/c1-20(2)38-15-9-14-34-30(24-12-13-26(28(18-24)37-5)39-19-23-10-7-6-8-11-23)29-31(35)25-16-21(3)22(4)17-27(25)40-32(29)33(34)36/h6-8,10-13,16-18,20,30H,9,14-15,19H2,1-5H3. The summed E-state index contributed by atoms with van der Waals surface area (Å²) < 4.78 is 23.6. The number of methoxy groups -OCH3 is 1. The third kappa shape index (κ3) is 5.34. The molecule has 1 atom stereocenters. The average Bonchev–Trinajstić information content (AvgIpc) is 3.22. The van der Waals surface area contributed by atoms with Crippen LogP contribution in [0.2, 0.25) is 0 Å². The summed E-state index contributed by atoms with van der Waals surface area (Å²) in [6, 6.07) is 18.5. The van der Waals surface area contributed by atoms with Gasteiger partial charge in [0.25, 0.3) is 5.91 Å².